The first-order valence-corrected chi connectivity index (χ1v) is 8.75. The topological polar surface area (TPSA) is 83.9 Å². The molecule has 0 bridgehead atoms. The molecule has 0 spiro atoms. The molecule has 0 aliphatic heterocycles. The maximum Gasteiger partial charge on any atom is 0.349 e. The highest BCUT2D eigenvalue weighted by Crippen LogP contribution is 2.30. The Balaban J connectivity index is 3.36. The number of esters is 1. The average molecular weight is 335 g/mol. The number of aliphatic hydroxyl groups is 1. The highest BCUT2D eigenvalue weighted by molar-refractivity contribution is 7.89. The van der Waals surface area contributed by atoms with Crippen molar-refractivity contribution in [3.05, 3.63) is 15.8 Å². The van der Waals surface area contributed by atoms with Crippen LogP contribution in [0.3, 0.4) is 0 Å². The monoisotopic (exact) mass is 335 g/mol. The van der Waals surface area contributed by atoms with Crippen molar-refractivity contribution in [3.63, 3.8) is 0 Å². The van der Waals surface area contributed by atoms with E-state index in [4.69, 9.17) is 0 Å². The largest absolute Gasteiger partial charge is 0.465 e. The van der Waals surface area contributed by atoms with Crippen molar-refractivity contribution in [2.45, 2.75) is 38.2 Å². The number of rotatable bonds is 6. The molecule has 120 valence electrons. The Morgan fingerprint density at radius 2 is 2.05 bits per heavy atom. The number of methoxy groups -OCH3 is 1. The van der Waals surface area contributed by atoms with Gasteiger partial charge in [-0.2, -0.15) is 4.31 Å². The normalized spacial score (nSPS) is 12.7. The van der Waals surface area contributed by atoms with Crippen molar-refractivity contribution in [3.8, 4) is 0 Å². The molecule has 0 radical (unpaired) electrons. The lowest BCUT2D eigenvalue weighted by atomic mass is 10.1. The second kappa shape index (κ2) is 6.43. The van der Waals surface area contributed by atoms with Crippen LogP contribution in [-0.4, -0.2) is 49.6 Å². The maximum absolute atomic E-state index is 12.8. The summed E-state index contributed by atoms with van der Waals surface area (Å²) in [6, 6.07) is 0. The van der Waals surface area contributed by atoms with Crippen LogP contribution in [0, 0.1) is 6.92 Å². The summed E-state index contributed by atoms with van der Waals surface area (Å²) >= 11 is 1.04. The molecule has 0 atom stereocenters. The number of aryl methyl sites for hydroxylation is 1. The third-order valence-corrected chi connectivity index (χ3v) is 6.12. The Labute approximate surface area is 129 Å². The van der Waals surface area contributed by atoms with E-state index in [1.165, 1.54) is 21.0 Å². The Morgan fingerprint density at radius 3 is 2.48 bits per heavy atom. The maximum atomic E-state index is 12.8. The number of thiophene rings is 1. The lowest BCUT2D eigenvalue weighted by Crippen LogP contribution is -2.42. The van der Waals surface area contributed by atoms with E-state index in [1.807, 2.05) is 0 Å². The molecule has 1 heterocycles. The zero-order valence-corrected chi connectivity index (χ0v) is 14.5. The summed E-state index contributed by atoms with van der Waals surface area (Å²) in [5.74, 6) is -0.675. The summed E-state index contributed by atoms with van der Waals surface area (Å²) in [6.45, 7) is 6.53. The fraction of sp³-hybridized carbons (Fsp3) is 0.615. The first-order chi connectivity index (χ1) is 9.54. The summed E-state index contributed by atoms with van der Waals surface area (Å²) in [6.07, 6.45) is 0. The minimum Gasteiger partial charge on any atom is -0.465 e. The molecule has 0 unspecified atom stereocenters. The Hall–Kier alpha value is -0.960. The van der Waals surface area contributed by atoms with Crippen LogP contribution in [0.5, 0.6) is 0 Å². The van der Waals surface area contributed by atoms with Gasteiger partial charge < -0.3 is 9.84 Å². The number of hydrogen-bond donors (Lipinski definition) is 1. The van der Waals surface area contributed by atoms with Gasteiger partial charge in [0.25, 0.3) is 0 Å². The number of ether oxygens (including phenoxy) is 1. The molecule has 1 aromatic heterocycles. The molecule has 0 saturated carbocycles. The predicted octanol–water partition coefficient (Wildman–Crippen LogP) is 1.62. The third-order valence-electron chi connectivity index (χ3n) is 2.80. The molecule has 1 N–H and O–H groups in total. The van der Waals surface area contributed by atoms with Crippen molar-refractivity contribution in [1.82, 2.24) is 4.31 Å². The summed E-state index contributed by atoms with van der Waals surface area (Å²) in [5, 5.41) is 11.5. The number of hydrogen-bond acceptors (Lipinski definition) is 6. The molecule has 8 heteroatoms. The summed E-state index contributed by atoms with van der Waals surface area (Å²) in [7, 11) is -2.66. The van der Waals surface area contributed by atoms with Crippen molar-refractivity contribution in [2.75, 3.05) is 20.2 Å². The lowest BCUT2D eigenvalue weighted by Gasteiger charge is -2.27. The second-order valence-electron chi connectivity index (χ2n) is 5.31. The van der Waals surface area contributed by atoms with Crippen LogP contribution in [0.1, 0.15) is 36.0 Å². The van der Waals surface area contributed by atoms with Gasteiger partial charge in [-0.1, -0.05) is 6.92 Å². The molecule has 0 amide bonds. The molecular formula is C13H21NO5S2. The molecule has 0 aliphatic carbocycles. The smallest absolute Gasteiger partial charge is 0.349 e. The molecule has 6 nitrogen and oxygen atoms in total. The van der Waals surface area contributed by atoms with E-state index in [9.17, 15) is 18.3 Å². The SMILES string of the molecule is CCN(CC(C)(C)O)S(=O)(=O)c1c(C)csc1C(=O)OC. The quantitative estimate of drug-likeness (QED) is 0.799. The fourth-order valence-corrected chi connectivity index (χ4v) is 5.18. The van der Waals surface area contributed by atoms with Crippen LogP contribution in [-0.2, 0) is 14.8 Å². The lowest BCUT2D eigenvalue weighted by molar-refractivity contribution is 0.0597. The van der Waals surface area contributed by atoms with E-state index in [0.29, 0.717) is 5.56 Å². The predicted molar refractivity (Wildman–Crippen MR) is 81.1 cm³/mol. The van der Waals surface area contributed by atoms with Gasteiger partial charge in [-0.05, 0) is 31.7 Å². The third kappa shape index (κ3) is 4.03. The van der Waals surface area contributed by atoms with E-state index in [1.54, 1.807) is 19.2 Å². The van der Waals surface area contributed by atoms with E-state index in [2.05, 4.69) is 4.74 Å². The van der Waals surface area contributed by atoms with Gasteiger partial charge in [0.2, 0.25) is 10.0 Å². The van der Waals surface area contributed by atoms with Crippen molar-refractivity contribution >= 4 is 27.3 Å². The molecule has 0 aliphatic rings. The van der Waals surface area contributed by atoms with Crippen LogP contribution in [0.25, 0.3) is 0 Å². The van der Waals surface area contributed by atoms with E-state index in [-0.39, 0.29) is 22.9 Å². The number of sulfonamides is 1. The van der Waals surface area contributed by atoms with Crippen molar-refractivity contribution in [1.29, 1.82) is 0 Å². The van der Waals surface area contributed by atoms with Gasteiger partial charge in [-0.25, -0.2) is 13.2 Å². The first-order valence-electron chi connectivity index (χ1n) is 6.43. The first kappa shape index (κ1) is 18.1. The molecule has 21 heavy (non-hydrogen) atoms. The molecule has 0 fully saturated rings. The highest BCUT2D eigenvalue weighted by atomic mass is 32.2. The van der Waals surface area contributed by atoms with Gasteiger partial charge in [0.05, 0.1) is 12.7 Å². The van der Waals surface area contributed by atoms with Gasteiger partial charge >= 0.3 is 5.97 Å². The minimum atomic E-state index is -3.87. The van der Waals surface area contributed by atoms with Crippen LogP contribution < -0.4 is 0 Å². The van der Waals surface area contributed by atoms with E-state index in [0.717, 1.165) is 15.6 Å². The minimum absolute atomic E-state index is 0.0366. The molecule has 1 aromatic rings. The van der Waals surface area contributed by atoms with Gasteiger partial charge in [-0.15, -0.1) is 11.3 Å². The standard InChI is InChI=1S/C13H21NO5S2/c1-6-14(8-13(3,4)16)21(17,18)11-9(2)7-20-10(11)12(15)19-5/h7,16H,6,8H2,1-5H3. The fourth-order valence-electron chi connectivity index (χ4n) is 1.91. The highest BCUT2D eigenvalue weighted by Gasteiger charge is 2.34. The Kier molecular flexibility index (Phi) is 5.54. The molecule has 0 saturated heterocycles. The summed E-state index contributed by atoms with van der Waals surface area (Å²) in [4.78, 5) is 11.8. The summed E-state index contributed by atoms with van der Waals surface area (Å²) in [5.41, 5.74) is -0.673. The van der Waals surface area contributed by atoms with E-state index < -0.39 is 21.6 Å². The zero-order valence-electron chi connectivity index (χ0n) is 12.8. The molecule has 1 rings (SSSR count). The summed E-state index contributed by atoms with van der Waals surface area (Å²) < 4.78 is 31.4. The van der Waals surface area contributed by atoms with Crippen molar-refractivity contribution in [2.24, 2.45) is 0 Å². The Bertz CT molecular complexity index is 613. The van der Waals surface area contributed by atoms with Gasteiger partial charge in [-0.3, -0.25) is 0 Å². The second-order valence-corrected chi connectivity index (χ2v) is 8.07. The van der Waals surface area contributed by atoms with Crippen molar-refractivity contribution < 1.29 is 23.1 Å². The van der Waals surface area contributed by atoms with Gasteiger partial charge in [0.15, 0.2) is 0 Å². The average Bonchev–Trinajstić information content (AvgIpc) is 2.76. The van der Waals surface area contributed by atoms with Crippen LogP contribution >= 0.6 is 11.3 Å². The van der Waals surface area contributed by atoms with Gasteiger partial charge in [0, 0.05) is 13.1 Å². The van der Waals surface area contributed by atoms with Crippen LogP contribution in [0.2, 0.25) is 0 Å². The number of nitrogens with zero attached hydrogens (tertiary/aromatic N) is 1. The zero-order chi connectivity index (χ0) is 16.4. The van der Waals surface area contributed by atoms with Crippen LogP contribution in [0.4, 0.5) is 0 Å². The van der Waals surface area contributed by atoms with Gasteiger partial charge in [0.1, 0.15) is 9.77 Å². The van der Waals surface area contributed by atoms with Crippen LogP contribution in [0.15, 0.2) is 10.3 Å². The molecule has 0 aromatic carbocycles. The number of carbonyl (C=O) groups excluding carboxylic acids is 1. The number of likely N-dealkylation sites (N-methyl/N-ethyl adjacent to an activating group) is 1. The Morgan fingerprint density at radius 1 is 1.48 bits per heavy atom. The van der Waals surface area contributed by atoms with E-state index >= 15 is 0 Å². The molecular weight excluding hydrogens is 314 g/mol. The number of carbonyl (C=O) groups is 1.